The molecule has 0 fully saturated rings. The van der Waals surface area contributed by atoms with Gasteiger partial charge in [0.05, 0.1) is 25.9 Å². The van der Waals surface area contributed by atoms with Gasteiger partial charge in [0.2, 0.25) is 0 Å². The molecule has 0 spiro atoms. The van der Waals surface area contributed by atoms with E-state index in [0.717, 1.165) is 10.6 Å². The van der Waals surface area contributed by atoms with Crippen LogP contribution in [0.25, 0.3) is 0 Å². The van der Waals surface area contributed by atoms with Gasteiger partial charge in [-0.3, -0.25) is 0 Å². The molecule has 0 amide bonds. The minimum absolute atomic E-state index is 0.318. The highest BCUT2D eigenvalue weighted by Gasteiger charge is 2.24. The lowest BCUT2D eigenvalue weighted by molar-refractivity contribution is -0.134. The van der Waals surface area contributed by atoms with Crippen LogP contribution in [0.1, 0.15) is 12.5 Å². The number of methoxy groups -OCH3 is 2. The van der Waals surface area contributed by atoms with Gasteiger partial charge >= 0.3 is 5.97 Å². The van der Waals surface area contributed by atoms with Gasteiger partial charge in [-0.2, -0.15) is 5.26 Å². The summed E-state index contributed by atoms with van der Waals surface area (Å²) in [4.78, 5) is 11.8. The Bertz CT molecular complexity index is 740. The number of ether oxygens (including phenoxy) is 3. The molecule has 8 heteroatoms. The van der Waals surface area contributed by atoms with E-state index in [-0.39, 0.29) is 5.97 Å². The van der Waals surface area contributed by atoms with Crippen molar-refractivity contribution in [1.82, 2.24) is 5.32 Å². The molecule has 128 valence electrons. The number of carbonyl (C=O) groups excluding carboxylic acids is 1. The largest absolute Gasteiger partial charge is 0.497 e. The van der Waals surface area contributed by atoms with Gasteiger partial charge in [0.15, 0.2) is 0 Å². The van der Waals surface area contributed by atoms with E-state index in [1.807, 2.05) is 18.2 Å². The van der Waals surface area contributed by atoms with E-state index in [1.165, 1.54) is 11.8 Å². The number of nitrogens with one attached hydrogen (secondary N) is 1. The van der Waals surface area contributed by atoms with Crippen LogP contribution in [-0.4, -0.2) is 29.6 Å². The summed E-state index contributed by atoms with van der Waals surface area (Å²) in [5.41, 5.74) is 0.937. The van der Waals surface area contributed by atoms with Crippen LogP contribution < -0.4 is 14.8 Å². The van der Waals surface area contributed by atoms with Crippen LogP contribution in [0.4, 0.5) is 0 Å². The Hall–Kier alpha value is -1.73. The first-order valence-corrected chi connectivity index (χ1v) is 10.1. The van der Waals surface area contributed by atoms with Gasteiger partial charge in [-0.1, -0.05) is 11.8 Å². The number of rotatable bonds is 7. The van der Waals surface area contributed by atoms with E-state index in [0.29, 0.717) is 31.1 Å². The molecular formula is C16H17IN2O4S. The minimum Gasteiger partial charge on any atom is -0.497 e. The quantitative estimate of drug-likeness (QED) is 0.495. The second-order valence-corrected chi connectivity index (χ2v) is 8.93. The molecule has 0 aromatic heterocycles. The highest BCUT2D eigenvalue weighted by atomic mass is 127. The zero-order valence-corrected chi connectivity index (χ0v) is 16.5. The molecule has 0 saturated carbocycles. The zero-order valence-electron chi connectivity index (χ0n) is 13.5. The molecule has 0 bridgehead atoms. The summed E-state index contributed by atoms with van der Waals surface area (Å²) in [6.07, 6.45) is 0. The van der Waals surface area contributed by atoms with Gasteiger partial charge in [-0.15, -0.1) is 0 Å². The number of carbonyl (C=O) groups is 1. The number of nitriles is 1. The fourth-order valence-corrected chi connectivity index (χ4v) is 6.07. The van der Waals surface area contributed by atoms with Crippen LogP contribution in [0.15, 0.2) is 26.8 Å². The number of nitrogens with zero attached hydrogens (tertiary/aromatic N) is 1. The fourth-order valence-electron chi connectivity index (χ4n) is 1.91. The molecule has 0 aliphatic carbocycles. The van der Waals surface area contributed by atoms with E-state index in [2.05, 4.69) is 11.4 Å². The van der Waals surface area contributed by atoms with Gasteiger partial charge in [-0.05, 0) is 39.8 Å². The van der Waals surface area contributed by atoms with E-state index in [9.17, 15) is 10.1 Å². The molecule has 1 N–H and O–H groups in total. The summed E-state index contributed by atoms with van der Waals surface area (Å²) in [7, 11) is 3.20. The normalized spacial score (nSPS) is 13.5. The zero-order chi connectivity index (χ0) is 17.5. The Labute approximate surface area is 154 Å². The first-order chi connectivity index (χ1) is 11.6. The Balaban J connectivity index is 2.07. The van der Waals surface area contributed by atoms with E-state index >= 15 is 0 Å². The summed E-state index contributed by atoms with van der Waals surface area (Å²) in [6, 6.07) is 7.75. The maximum absolute atomic E-state index is 11.8. The summed E-state index contributed by atoms with van der Waals surface area (Å²) in [6.45, 7) is 2.59. The maximum atomic E-state index is 11.8. The van der Waals surface area contributed by atoms with Gasteiger partial charge < -0.3 is 19.5 Å². The molecule has 1 aromatic carbocycles. The number of benzene rings is 1. The average molecular weight is 460 g/mol. The first-order valence-electron chi connectivity index (χ1n) is 7.08. The van der Waals surface area contributed by atoms with Crippen molar-refractivity contribution in [3.8, 4) is 17.6 Å². The van der Waals surface area contributed by atoms with Crippen LogP contribution in [0.3, 0.4) is 0 Å². The molecule has 6 nitrogen and oxygen atoms in total. The van der Waals surface area contributed by atoms with Crippen molar-refractivity contribution in [2.45, 2.75) is 13.5 Å². The second kappa shape index (κ2) is 8.94. The second-order valence-electron chi connectivity index (χ2n) is 4.48. The van der Waals surface area contributed by atoms with Crippen molar-refractivity contribution in [2.75, 3.05) is 20.8 Å². The highest BCUT2D eigenvalue weighted by Crippen LogP contribution is 2.38. The lowest BCUT2D eigenvalue weighted by atomic mass is 10.2. The third-order valence-electron chi connectivity index (χ3n) is 3.04. The monoisotopic (exact) mass is 460 g/mol. The molecule has 24 heavy (non-hydrogen) atoms. The number of hydrogen-bond donors (Lipinski definition) is 1. The Morgan fingerprint density at radius 3 is 2.79 bits per heavy atom. The molecule has 0 radical (unpaired) electrons. The smallest absolute Gasteiger partial charge is 0.350 e. The van der Waals surface area contributed by atoms with Gasteiger partial charge in [0, 0.05) is 18.2 Å². The Kier molecular flexibility index (Phi) is 6.93. The van der Waals surface area contributed by atoms with Crippen molar-refractivity contribution in [3.05, 3.63) is 32.4 Å². The lowest BCUT2D eigenvalue weighted by Gasteiger charge is -2.12. The Morgan fingerprint density at radius 1 is 1.38 bits per heavy atom. The van der Waals surface area contributed by atoms with Crippen molar-refractivity contribution in [2.24, 2.45) is 0 Å². The number of esters is 1. The molecule has 0 atom stereocenters. The number of halogens is 1. The van der Waals surface area contributed by atoms with Crippen LogP contribution >= 0.6 is 32.5 Å². The minimum atomic E-state index is -0.775. The SMILES string of the molecule is CCOC(=O)C1=IC(C#N)=C(NCc2ccc(OC)cc2OC)S1. The third kappa shape index (κ3) is 4.42. The number of thioether (sulfide) groups is 1. The summed E-state index contributed by atoms with van der Waals surface area (Å²) in [5, 5.41) is 13.3. The predicted octanol–water partition coefficient (Wildman–Crippen LogP) is 2.90. The van der Waals surface area contributed by atoms with Gasteiger partial charge in [0.1, 0.15) is 24.0 Å². The van der Waals surface area contributed by atoms with E-state index in [4.69, 9.17) is 14.2 Å². The third-order valence-corrected chi connectivity index (χ3v) is 7.73. The van der Waals surface area contributed by atoms with Gasteiger partial charge in [0.25, 0.3) is 0 Å². The Morgan fingerprint density at radius 2 is 2.17 bits per heavy atom. The summed E-state index contributed by atoms with van der Waals surface area (Å²) >= 11 is 0.528. The first kappa shape index (κ1) is 18.6. The van der Waals surface area contributed by atoms with Crippen LogP contribution in [0.2, 0.25) is 0 Å². The van der Waals surface area contributed by atoms with Crippen molar-refractivity contribution in [1.29, 1.82) is 5.26 Å². The topological polar surface area (TPSA) is 80.6 Å². The van der Waals surface area contributed by atoms with E-state index < -0.39 is 20.7 Å². The van der Waals surface area contributed by atoms with Crippen LogP contribution in [0.5, 0.6) is 11.5 Å². The molecule has 1 aromatic rings. The fraction of sp³-hybridized carbons (Fsp3) is 0.312. The number of hydrogen-bond acceptors (Lipinski definition) is 7. The standard InChI is InChI=1S/C16H17IN2O4S/c1-4-23-16(20)14-17-12(8-18)15(24-14)19-9-10-5-6-11(21-2)7-13(10)22-3/h5-7,19H,4,9H2,1-3H3. The average Bonchev–Trinajstić information content (AvgIpc) is 3.03. The molecule has 1 aliphatic heterocycles. The maximum Gasteiger partial charge on any atom is 0.350 e. The molecule has 0 saturated heterocycles. The number of allylic oxidation sites excluding steroid dienone is 1. The summed E-state index contributed by atoms with van der Waals surface area (Å²) in [5.74, 6) is 1.10. The van der Waals surface area contributed by atoms with Gasteiger partial charge in [-0.25, -0.2) is 4.79 Å². The van der Waals surface area contributed by atoms with E-state index in [1.54, 1.807) is 21.1 Å². The molecule has 0 unspecified atom stereocenters. The highest BCUT2D eigenvalue weighted by molar-refractivity contribution is 14.2. The van der Waals surface area contributed by atoms with Crippen LogP contribution in [-0.2, 0) is 16.1 Å². The predicted molar refractivity (Wildman–Crippen MR) is 102 cm³/mol. The van der Waals surface area contributed by atoms with Crippen molar-refractivity contribution >= 4 is 41.3 Å². The summed E-state index contributed by atoms with van der Waals surface area (Å²) < 4.78 is 16.9. The molecule has 1 heterocycles. The molecule has 1 aliphatic rings. The van der Waals surface area contributed by atoms with Crippen molar-refractivity contribution < 1.29 is 19.0 Å². The molecular weight excluding hydrogens is 443 g/mol. The van der Waals surface area contributed by atoms with Crippen molar-refractivity contribution in [3.63, 3.8) is 0 Å². The molecule has 2 rings (SSSR count). The van der Waals surface area contributed by atoms with Crippen LogP contribution in [0, 0.1) is 11.3 Å². The lowest BCUT2D eigenvalue weighted by Crippen LogP contribution is -2.15.